The van der Waals surface area contributed by atoms with Crippen LogP contribution in [0.3, 0.4) is 0 Å². The maximum Gasteiger partial charge on any atom is 0.243 e. The highest BCUT2D eigenvalue weighted by molar-refractivity contribution is 5.95. The Kier molecular flexibility index (Phi) is 6.41. The fraction of sp³-hybridized carbons (Fsp3) is 0.600. The smallest absolute Gasteiger partial charge is 0.243 e. The number of hydrogen-bond donors (Lipinski definition) is 1. The van der Waals surface area contributed by atoms with Crippen LogP contribution in [0, 0.1) is 26.7 Å². The molecule has 4 heteroatoms. The summed E-state index contributed by atoms with van der Waals surface area (Å²) in [5.74, 6) is 0.442. The number of carbonyl (C=O) groups excluding carboxylic acids is 2. The molecule has 1 aliphatic rings. The van der Waals surface area contributed by atoms with Gasteiger partial charge in [-0.15, -0.1) is 0 Å². The SMILES string of the molecule is Cc1cc(C)c(NC(=O)CN(C)C(=O)CC2CCCCC2)c(C)c1. The first-order valence-corrected chi connectivity index (χ1v) is 8.98. The molecule has 0 aliphatic heterocycles. The third-order valence-corrected chi connectivity index (χ3v) is 4.94. The van der Waals surface area contributed by atoms with Gasteiger partial charge in [0.15, 0.2) is 0 Å². The number of benzene rings is 1. The first kappa shape index (κ1) is 18.5. The zero-order valence-corrected chi connectivity index (χ0v) is 15.4. The molecular weight excluding hydrogens is 300 g/mol. The van der Waals surface area contributed by atoms with E-state index in [1.807, 2.05) is 20.8 Å². The molecule has 1 aromatic rings. The summed E-state index contributed by atoms with van der Waals surface area (Å²) in [5.41, 5.74) is 4.15. The van der Waals surface area contributed by atoms with E-state index in [4.69, 9.17) is 0 Å². The van der Waals surface area contributed by atoms with E-state index in [1.54, 1.807) is 11.9 Å². The maximum absolute atomic E-state index is 12.3. The van der Waals surface area contributed by atoms with Crippen molar-refractivity contribution in [3.63, 3.8) is 0 Å². The molecule has 0 radical (unpaired) electrons. The molecule has 0 atom stereocenters. The van der Waals surface area contributed by atoms with Crippen molar-refractivity contribution in [1.29, 1.82) is 0 Å². The molecule has 1 saturated carbocycles. The van der Waals surface area contributed by atoms with Gasteiger partial charge in [-0.2, -0.15) is 0 Å². The predicted octanol–water partition coefficient (Wildman–Crippen LogP) is 3.98. The molecule has 132 valence electrons. The van der Waals surface area contributed by atoms with E-state index in [0.29, 0.717) is 12.3 Å². The van der Waals surface area contributed by atoms with Gasteiger partial charge < -0.3 is 10.2 Å². The molecule has 0 bridgehead atoms. The van der Waals surface area contributed by atoms with Crippen LogP contribution in [0.2, 0.25) is 0 Å². The zero-order valence-electron chi connectivity index (χ0n) is 15.4. The normalized spacial score (nSPS) is 15.2. The third-order valence-electron chi connectivity index (χ3n) is 4.94. The Morgan fingerprint density at radius 1 is 1.08 bits per heavy atom. The minimum atomic E-state index is -0.135. The number of hydrogen-bond acceptors (Lipinski definition) is 2. The molecule has 1 N–H and O–H groups in total. The van der Waals surface area contributed by atoms with Gasteiger partial charge in [-0.3, -0.25) is 9.59 Å². The van der Waals surface area contributed by atoms with Crippen LogP contribution in [0.15, 0.2) is 12.1 Å². The molecule has 0 heterocycles. The molecular formula is C20H30N2O2. The van der Waals surface area contributed by atoms with Gasteiger partial charge in [0, 0.05) is 19.2 Å². The number of nitrogens with one attached hydrogen (secondary N) is 1. The van der Waals surface area contributed by atoms with Crippen LogP contribution in [0.5, 0.6) is 0 Å². The standard InChI is InChI=1S/C20H30N2O2/c1-14-10-15(2)20(16(3)11-14)21-18(23)13-22(4)19(24)12-17-8-6-5-7-9-17/h10-11,17H,5-9,12-13H2,1-4H3,(H,21,23). The van der Waals surface area contributed by atoms with Crippen molar-refractivity contribution in [2.24, 2.45) is 5.92 Å². The van der Waals surface area contributed by atoms with Gasteiger partial charge in [-0.25, -0.2) is 0 Å². The highest BCUT2D eigenvalue weighted by Gasteiger charge is 2.20. The van der Waals surface area contributed by atoms with E-state index in [0.717, 1.165) is 29.7 Å². The monoisotopic (exact) mass is 330 g/mol. The molecule has 1 fully saturated rings. The lowest BCUT2D eigenvalue weighted by Crippen LogP contribution is -2.36. The van der Waals surface area contributed by atoms with Crippen molar-refractivity contribution < 1.29 is 9.59 Å². The molecule has 2 rings (SSSR count). The second-order valence-corrected chi connectivity index (χ2v) is 7.28. The highest BCUT2D eigenvalue weighted by Crippen LogP contribution is 2.26. The van der Waals surface area contributed by atoms with Crippen LogP contribution >= 0.6 is 0 Å². The molecule has 24 heavy (non-hydrogen) atoms. The second-order valence-electron chi connectivity index (χ2n) is 7.28. The molecule has 0 saturated heterocycles. The molecule has 1 aliphatic carbocycles. The van der Waals surface area contributed by atoms with Crippen LogP contribution in [-0.2, 0) is 9.59 Å². The van der Waals surface area contributed by atoms with Crippen LogP contribution in [0.1, 0.15) is 55.2 Å². The summed E-state index contributed by atoms with van der Waals surface area (Å²) in [6.07, 6.45) is 6.62. The number of likely N-dealkylation sites (N-methyl/N-ethyl adjacent to an activating group) is 1. The quantitative estimate of drug-likeness (QED) is 0.888. The minimum Gasteiger partial charge on any atom is -0.336 e. The lowest BCUT2D eigenvalue weighted by molar-refractivity contribution is -0.134. The Morgan fingerprint density at radius 2 is 1.67 bits per heavy atom. The molecule has 0 spiro atoms. The van der Waals surface area contributed by atoms with E-state index < -0.39 is 0 Å². The first-order valence-electron chi connectivity index (χ1n) is 8.98. The summed E-state index contributed by atoms with van der Waals surface area (Å²) >= 11 is 0. The highest BCUT2D eigenvalue weighted by atomic mass is 16.2. The second kappa shape index (κ2) is 8.32. The molecule has 2 amide bonds. The Hall–Kier alpha value is -1.84. The average Bonchev–Trinajstić information content (AvgIpc) is 2.51. The van der Waals surface area contributed by atoms with Crippen LogP contribution in [0.4, 0.5) is 5.69 Å². The predicted molar refractivity (Wildman–Crippen MR) is 98.1 cm³/mol. The Labute approximate surface area is 145 Å². The number of aryl methyl sites for hydroxylation is 3. The number of nitrogens with zero attached hydrogens (tertiary/aromatic N) is 1. The summed E-state index contributed by atoms with van der Waals surface area (Å²) in [4.78, 5) is 26.2. The van der Waals surface area contributed by atoms with Gasteiger partial charge in [0.2, 0.25) is 11.8 Å². The lowest BCUT2D eigenvalue weighted by Gasteiger charge is -2.24. The van der Waals surface area contributed by atoms with Crippen molar-refractivity contribution in [3.05, 3.63) is 28.8 Å². The van der Waals surface area contributed by atoms with Crippen LogP contribution in [0.25, 0.3) is 0 Å². The topological polar surface area (TPSA) is 49.4 Å². The van der Waals surface area contributed by atoms with E-state index in [-0.39, 0.29) is 18.4 Å². The summed E-state index contributed by atoms with van der Waals surface area (Å²) in [6, 6.07) is 4.11. The Bertz CT molecular complexity index is 581. The van der Waals surface area contributed by atoms with Gasteiger partial charge in [-0.05, 0) is 50.7 Å². The summed E-state index contributed by atoms with van der Waals surface area (Å²) in [7, 11) is 1.72. The zero-order chi connectivity index (χ0) is 17.7. The third kappa shape index (κ3) is 5.08. The number of amides is 2. The van der Waals surface area contributed by atoms with Crippen LogP contribution < -0.4 is 5.32 Å². The van der Waals surface area contributed by atoms with Crippen LogP contribution in [-0.4, -0.2) is 30.3 Å². The van der Waals surface area contributed by atoms with Crippen molar-refractivity contribution in [3.8, 4) is 0 Å². The van der Waals surface area contributed by atoms with E-state index in [1.165, 1.54) is 24.8 Å². The fourth-order valence-electron chi connectivity index (χ4n) is 3.65. The largest absolute Gasteiger partial charge is 0.336 e. The van der Waals surface area contributed by atoms with Gasteiger partial charge in [0.05, 0.1) is 6.54 Å². The summed E-state index contributed by atoms with van der Waals surface area (Å²) < 4.78 is 0. The van der Waals surface area contributed by atoms with Crippen molar-refractivity contribution >= 4 is 17.5 Å². The number of anilines is 1. The average molecular weight is 330 g/mol. The number of carbonyl (C=O) groups is 2. The molecule has 4 nitrogen and oxygen atoms in total. The number of rotatable bonds is 5. The Morgan fingerprint density at radius 3 is 2.25 bits per heavy atom. The van der Waals surface area contributed by atoms with Crippen molar-refractivity contribution in [2.75, 3.05) is 18.9 Å². The summed E-state index contributed by atoms with van der Waals surface area (Å²) in [6.45, 7) is 6.14. The van der Waals surface area contributed by atoms with Gasteiger partial charge in [-0.1, -0.05) is 37.0 Å². The van der Waals surface area contributed by atoms with Crippen molar-refractivity contribution in [1.82, 2.24) is 4.90 Å². The lowest BCUT2D eigenvalue weighted by atomic mass is 9.87. The minimum absolute atomic E-state index is 0.0781. The van der Waals surface area contributed by atoms with Gasteiger partial charge in [0.1, 0.15) is 0 Å². The molecule has 0 aromatic heterocycles. The Balaban J connectivity index is 1.88. The van der Waals surface area contributed by atoms with E-state index in [9.17, 15) is 9.59 Å². The first-order chi connectivity index (χ1) is 11.4. The summed E-state index contributed by atoms with van der Waals surface area (Å²) in [5, 5.41) is 2.96. The fourth-order valence-corrected chi connectivity index (χ4v) is 3.65. The van der Waals surface area contributed by atoms with Gasteiger partial charge in [0.25, 0.3) is 0 Å². The van der Waals surface area contributed by atoms with E-state index >= 15 is 0 Å². The van der Waals surface area contributed by atoms with Gasteiger partial charge >= 0.3 is 0 Å². The molecule has 1 aromatic carbocycles. The maximum atomic E-state index is 12.3. The molecule has 0 unspecified atom stereocenters. The van der Waals surface area contributed by atoms with E-state index in [2.05, 4.69) is 17.4 Å². The van der Waals surface area contributed by atoms with Crippen molar-refractivity contribution in [2.45, 2.75) is 59.3 Å².